The Morgan fingerprint density at radius 1 is 1.40 bits per heavy atom. The van der Waals surface area contributed by atoms with Crippen LogP contribution in [0.3, 0.4) is 0 Å². The van der Waals surface area contributed by atoms with E-state index < -0.39 is 10.0 Å². The first-order valence-corrected chi connectivity index (χ1v) is 10.7. The van der Waals surface area contributed by atoms with Crippen molar-refractivity contribution in [2.75, 3.05) is 39.9 Å². The number of hydrogen-bond donors (Lipinski definition) is 0. The van der Waals surface area contributed by atoms with Crippen molar-refractivity contribution in [2.24, 2.45) is 5.92 Å². The maximum absolute atomic E-state index is 12.6. The lowest BCUT2D eigenvalue weighted by molar-refractivity contribution is -0.139. The number of rotatable bonds is 5. The zero-order chi connectivity index (χ0) is 18.0. The topological polar surface area (TPSA) is 76.2 Å². The summed E-state index contributed by atoms with van der Waals surface area (Å²) < 4.78 is 37.7. The molecule has 2 aliphatic heterocycles. The first kappa shape index (κ1) is 19.1. The minimum absolute atomic E-state index is 0.136. The van der Waals surface area contributed by atoms with Crippen LogP contribution in [0, 0.1) is 5.92 Å². The fourth-order valence-electron chi connectivity index (χ4n) is 3.07. The second kappa shape index (κ2) is 7.89. The van der Waals surface area contributed by atoms with Gasteiger partial charge in [-0.3, -0.25) is 4.79 Å². The molecule has 0 aliphatic carbocycles. The summed E-state index contributed by atoms with van der Waals surface area (Å²) in [6, 6.07) is 2.99. The molecule has 0 radical (unpaired) electrons. The molecule has 0 aromatic carbocycles. The molecular weight excluding hydrogens is 388 g/mol. The fraction of sp³-hybridized carbons (Fsp3) is 0.667. The number of thiophene rings is 1. The number of piperidine rings is 1. The molecule has 2 saturated heterocycles. The summed E-state index contributed by atoms with van der Waals surface area (Å²) in [5, 5.41) is 0. The second-order valence-electron chi connectivity index (χ2n) is 6.17. The van der Waals surface area contributed by atoms with Crippen LogP contribution in [-0.4, -0.2) is 69.7 Å². The van der Waals surface area contributed by atoms with E-state index in [1.165, 1.54) is 19.2 Å². The third-order valence-corrected chi connectivity index (χ3v) is 7.92. The highest BCUT2D eigenvalue weighted by molar-refractivity contribution is 7.91. The summed E-state index contributed by atoms with van der Waals surface area (Å²) in [4.78, 5) is 14.3. The van der Waals surface area contributed by atoms with Crippen molar-refractivity contribution >= 4 is 38.9 Å². The molecule has 0 saturated carbocycles. The van der Waals surface area contributed by atoms with Crippen LogP contribution in [0.2, 0.25) is 4.34 Å². The average molecular weight is 409 g/mol. The van der Waals surface area contributed by atoms with Crippen LogP contribution >= 0.6 is 22.9 Å². The summed E-state index contributed by atoms with van der Waals surface area (Å²) in [7, 11) is -2.30. The van der Waals surface area contributed by atoms with Crippen LogP contribution in [-0.2, 0) is 24.3 Å². The van der Waals surface area contributed by atoms with Gasteiger partial charge in [0.15, 0.2) is 6.29 Å². The van der Waals surface area contributed by atoms with E-state index in [0.717, 1.165) is 28.5 Å². The zero-order valence-electron chi connectivity index (χ0n) is 13.9. The van der Waals surface area contributed by atoms with Crippen molar-refractivity contribution in [3.8, 4) is 0 Å². The summed E-state index contributed by atoms with van der Waals surface area (Å²) in [6.45, 7) is 2.12. The molecule has 25 heavy (non-hydrogen) atoms. The van der Waals surface area contributed by atoms with E-state index in [2.05, 4.69) is 0 Å². The van der Waals surface area contributed by atoms with Crippen molar-refractivity contribution in [3.05, 3.63) is 16.5 Å². The Bertz CT molecular complexity index is 717. The highest BCUT2D eigenvalue weighted by Gasteiger charge is 2.34. The number of likely N-dealkylation sites (N-methyl/N-ethyl adjacent to an activating group) is 1. The molecule has 1 unspecified atom stereocenters. The smallest absolute Gasteiger partial charge is 0.252 e. The zero-order valence-corrected chi connectivity index (χ0v) is 16.3. The number of sulfonamides is 1. The molecule has 3 heterocycles. The molecule has 1 aromatic heterocycles. The van der Waals surface area contributed by atoms with E-state index >= 15 is 0 Å². The number of hydrogen-bond acceptors (Lipinski definition) is 6. The van der Waals surface area contributed by atoms with E-state index in [1.807, 2.05) is 0 Å². The third-order valence-electron chi connectivity index (χ3n) is 4.41. The van der Waals surface area contributed by atoms with Crippen LogP contribution in [0.4, 0.5) is 0 Å². The van der Waals surface area contributed by atoms with E-state index in [4.69, 9.17) is 21.1 Å². The molecule has 3 rings (SSSR count). The van der Waals surface area contributed by atoms with Crippen LogP contribution < -0.4 is 0 Å². The van der Waals surface area contributed by atoms with Crippen LogP contribution in [0.25, 0.3) is 0 Å². The predicted octanol–water partition coefficient (Wildman–Crippen LogP) is 1.63. The number of carbonyl (C=O) groups excluding carboxylic acids is 1. The SMILES string of the molecule is CN(CC(=O)N1CCCC(C2OCCO2)C1)S(=O)(=O)c1ccc(Cl)s1. The van der Waals surface area contributed by atoms with Crippen molar-refractivity contribution in [1.82, 2.24) is 9.21 Å². The number of amides is 1. The van der Waals surface area contributed by atoms with Crippen molar-refractivity contribution < 1.29 is 22.7 Å². The van der Waals surface area contributed by atoms with E-state index in [-0.39, 0.29) is 28.9 Å². The summed E-state index contributed by atoms with van der Waals surface area (Å²) >= 11 is 6.79. The summed E-state index contributed by atoms with van der Waals surface area (Å²) in [5.74, 6) is -0.0744. The normalized spacial score (nSPS) is 22.7. The molecule has 2 aliphatic rings. The van der Waals surface area contributed by atoms with Gasteiger partial charge >= 0.3 is 0 Å². The lowest BCUT2D eigenvalue weighted by Gasteiger charge is -2.35. The van der Waals surface area contributed by atoms with Crippen LogP contribution in [0.1, 0.15) is 12.8 Å². The summed E-state index contributed by atoms with van der Waals surface area (Å²) in [5.41, 5.74) is 0. The molecule has 1 atom stereocenters. The van der Waals surface area contributed by atoms with E-state index in [0.29, 0.717) is 30.6 Å². The largest absolute Gasteiger partial charge is 0.350 e. The minimum Gasteiger partial charge on any atom is -0.350 e. The molecule has 140 valence electrons. The quantitative estimate of drug-likeness (QED) is 0.740. The average Bonchev–Trinajstić information content (AvgIpc) is 3.26. The first-order valence-electron chi connectivity index (χ1n) is 8.10. The standard InChI is InChI=1S/C15H21ClN2O5S2/c1-17(25(20,21)14-5-4-12(16)24-14)10-13(19)18-6-2-3-11(9-18)15-22-7-8-23-15/h4-5,11,15H,2-3,6-10H2,1H3. The van der Waals surface area contributed by atoms with Gasteiger partial charge < -0.3 is 14.4 Å². The number of nitrogens with zero attached hydrogens (tertiary/aromatic N) is 2. The lowest BCUT2D eigenvalue weighted by atomic mass is 9.97. The molecule has 10 heteroatoms. The van der Waals surface area contributed by atoms with E-state index in [1.54, 1.807) is 4.90 Å². The van der Waals surface area contributed by atoms with E-state index in [9.17, 15) is 13.2 Å². The molecular formula is C15H21ClN2O5S2. The monoisotopic (exact) mass is 408 g/mol. The van der Waals surface area contributed by atoms with Gasteiger partial charge in [0.25, 0.3) is 10.0 Å². The number of ether oxygens (including phenoxy) is 2. The third kappa shape index (κ3) is 4.35. The van der Waals surface area contributed by atoms with Crippen LogP contribution in [0.15, 0.2) is 16.3 Å². The van der Waals surface area contributed by atoms with Gasteiger partial charge in [-0.1, -0.05) is 11.6 Å². The van der Waals surface area contributed by atoms with Gasteiger partial charge in [0.1, 0.15) is 4.21 Å². The van der Waals surface area contributed by atoms with Gasteiger partial charge in [0.05, 0.1) is 24.1 Å². The fourth-order valence-corrected chi connectivity index (χ4v) is 5.89. The summed E-state index contributed by atoms with van der Waals surface area (Å²) in [6.07, 6.45) is 1.54. The Morgan fingerprint density at radius 2 is 2.12 bits per heavy atom. The maximum atomic E-state index is 12.6. The Balaban J connectivity index is 1.61. The Kier molecular flexibility index (Phi) is 6.02. The number of likely N-dealkylation sites (tertiary alicyclic amines) is 1. The Morgan fingerprint density at radius 3 is 2.76 bits per heavy atom. The predicted molar refractivity (Wildman–Crippen MR) is 94.1 cm³/mol. The molecule has 1 amide bonds. The lowest BCUT2D eigenvalue weighted by Crippen LogP contribution is -2.47. The molecule has 2 fully saturated rings. The van der Waals surface area contributed by atoms with Gasteiger partial charge in [0.2, 0.25) is 5.91 Å². The maximum Gasteiger partial charge on any atom is 0.252 e. The molecule has 1 aromatic rings. The van der Waals surface area contributed by atoms with Crippen molar-refractivity contribution in [3.63, 3.8) is 0 Å². The minimum atomic E-state index is -3.71. The van der Waals surface area contributed by atoms with Gasteiger partial charge in [0, 0.05) is 26.1 Å². The molecule has 7 nitrogen and oxygen atoms in total. The molecule has 0 spiro atoms. The van der Waals surface area contributed by atoms with Gasteiger partial charge in [-0.25, -0.2) is 8.42 Å². The molecule has 0 N–H and O–H groups in total. The number of carbonyl (C=O) groups is 1. The van der Waals surface area contributed by atoms with Gasteiger partial charge in [-0.15, -0.1) is 11.3 Å². The Labute approximate surface area is 156 Å². The first-order chi connectivity index (χ1) is 11.9. The van der Waals surface area contributed by atoms with Crippen LogP contribution in [0.5, 0.6) is 0 Å². The van der Waals surface area contributed by atoms with Crippen molar-refractivity contribution in [2.45, 2.75) is 23.3 Å². The van der Waals surface area contributed by atoms with Gasteiger partial charge in [-0.05, 0) is 25.0 Å². The highest BCUT2D eigenvalue weighted by Crippen LogP contribution is 2.28. The molecule has 0 bridgehead atoms. The Hall–Kier alpha value is -0.710. The second-order valence-corrected chi connectivity index (χ2v) is 10.2. The number of halogens is 1. The highest BCUT2D eigenvalue weighted by atomic mass is 35.5. The van der Waals surface area contributed by atoms with Gasteiger partial charge in [-0.2, -0.15) is 4.31 Å². The van der Waals surface area contributed by atoms with Crippen molar-refractivity contribution in [1.29, 1.82) is 0 Å².